The van der Waals surface area contributed by atoms with Crippen molar-refractivity contribution in [2.24, 2.45) is 0 Å². The van der Waals surface area contributed by atoms with Gasteiger partial charge in [0.1, 0.15) is 0 Å². The number of likely N-dealkylation sites (N-methyl/N-ethyl adjacent to an activating group) is 2. The third-order valence-corrected chi connectivity index (χ3v) is 3.16. The highest BCUT2D eigenvalue weighted by atomic mass is 16.2. The first-order chi connectivity index (χ1) is 9.35. The van der Waals surface area contributed by atoms with Crippen LogP contribution in [-0.4, -0.2) is 43.3 Å². The summed E-state index contributed by atoms with van der Waals surface area (Å²) in [5.41, 5.74) is 3.93. The summed E-state index contributed by atoms with van der Waals surface area (Å²) in [6.45, 7) is 8.91. The second kappa shape index (κ2) is 7.20. The third-order valence-electron chi connectivity index (χ3n) is 3.16. The van der Waals surface area contributed by atoms with E-state index in [0.717, 1.165) is 22.3 Å². The molecule has 0 radical (unpaired) electrons. The van der Waals surface area contributed by atoms with Crippen LogP contribution in [-0.2, 0) is 4.79 Å². The lowest BCUT2D eigenvalue weighted by atomic mass is 9.96. The van der Waals surface area contributed by atoms with E-state index in [-0.39, 0.29) is 24.8 Å². The van der Waals surface area contributed by atoms with Gasteiger partial charge in [-0.15, -0.1) is 0 Å². The van der Waals surface area contributed by atoms with Gasteiger partial charge < -0.3 is 5.32 Å². The van der Waals surface area contributed by atoms with Crippen molar-refractivity contribution in [2.45, 2.75) is 27.7 Å². The quantitative estimate of drug-likeness (QED) is 0.807. The van der Waals surface area contributed by atoms with E-state index >= 15 is 0 Å². The number of carbonyl (C=O) groups is 2. The zero-order valence-electron chi connectivity index (χ0n) is 13.0. The molecule has 110 valence electrons. The summed E-state index contributed by atoms with van der Waals surface area (Å²) in [4.78, 5) is 25.6. The summed E-state index contributed by atoms with van der Waals surface area (Å²) < 4.78 is 0. The monoisotopic (exact) mass is 276 g/mol. The Hall–Kier alpha value is -1.68. The van der Waals surface area contributed by atoms with Crippen LogP contribution in [0.25, 0.3) is 0 Å². The maximum Gasteiger partial charge on any atom is 0.234 e. The first-order valence-electron chi connectivity index (χ1n) is 6.91. The van der Waals surface area contributed by atoms with E-state index in [1.807, 2.05) is 39.8 Å². The maximum atomic E-state index is 12.4. The molecule has 4 nitrogen and oxygen atoms in total. The van der Waals surface area contributed by atoms with Crippen molar-refractivity contribution < 1.29 is 9.59 Å². The molecule has 1 rings (SSSR count). The molecule has 0 bridgehead atoms. The Morgan fingerprint density at radius 3 is 2.15 bits per heavy atom. The molecule has 0 spiro atoms. The summed E-state index contributed by atoms with van der Waals surface area (Å²) in [6, 6.07) is 4.04. The number of amides is 1. The fraction of sp³-hybridized carbons (Fsp3) is 0.500. The highest BCUT2D eigenvalue weighted by Gasteiger charge is 2.16. The lowest BCUT2D eigenvalue weighted by Gasteiger charge is -2.17. The van der Waals surface area contributed by atoms with Crippen molar-refractivity contribution >= 4 is 11.7 Å². The van der Waals surface area contributed by atoms with Crippen molar-refractivity contribution in [1.29, 1.82) is 0 Å². The van der Waals surface area contributed by atoms with Gasteiger partial charge >= 0.3 is 0 Å². The normalized spacial score (nSPS) is 10.7. The molecule has 0 atom stereocenters. The van der Waals surface area contributed by atoms with Crippen molar-refractivity contribution in [3.8, 4) is 0 Å². The standard InChI is InChI=1S/C16H24N2O2/c1-6-17-15(20)10-18(5)9-14(19)16-12(3)7-11(2)8-13(16)4/h7-8H,6,9-10H2,1-5H3,(H,17,20). The lowest BCUT2D eigenvalue weighted by Crippen LogP contribution is -2.37. The van der Waals surface area contributed by atoms with Gasteiger partial charge in [0.05, 0.1) is 13.1 Å². The summed E-state index contributed by atoms with van der Waals surface area (Å²) in [7, 11) is 1.78. The largest absolute Gasteiger partial charge is 0.355 e. The van der Waals surface area contributed by atoms with Crippen molar-refractivity contribution in [3.63, 3.8) is 0 Å². The van der Waals surface area contributed by atoms with E-state index in [0.29, 0.717) is 6.54 Å². The number of Topliss-reactive ketones (excluding diaryl/α,β-unsaturated/α-hetero) is 1. The number of hydrogen-bond donors (Lipinski definition) is 1. The van der Waals surface area contributed by atoms with Crippen LogP contribution in [0.4, 0.5) is 0 Å². The molecule has 1 aromatic rings. The SMILES string of the molecule is CCNC(=O)CN(C)CC(=O)c1c(C)cc(C)cc1C. The summed E-state index contributed by atoms with van der Waals surface area (Å²) in [5, 5.41) is 2.73. The average molecular weight is 276 g/mol. The Kier molecular flexibility index (Phi) is 5.89. The first kappa shape index (κ1) is 16.4. The van der Waals surface area contributed by atoms with Crippen LogP contribution in [0.2, 0.25) is 0 Å². The number of aryl methyl sites for hydroxylation is 3. The number of carbonyl (C=O) groups excluding carboxylic acids is 2. The molecule has 0 fully saturated rings. The third kappa shape index (κ3) is 4.46. The molecule has 0 saturated heterocycles. The second-order valence-corrected chi connectivity index (χ2v) is 5.32. The van der Waals surface area contributed by atoms with Gasteiger partial charge in [0, 0.05) is 12.1 Å². The van der Waals surface area contributed by atoms with Gasteiger partial charge in [-0.3, -0.25) is 14.5 Å². The number of nitrogens with one attached hydrogen (secondary N) is 1. The molecule has 0 saturated carbocycles. The minimum atomic E-state index is -0.0554. The van der Waals surface area contributed by atoms with Crippen LogP contribution in [0.3, 0.4) is 0 Å². The fourth-order valence-electron chi connectivity index (χ4n) is 2.50. The minimum absolute atomic E-state index is 0.0554. The number of nitrogens with zero attached hydrogens (tertiary/aromatic N) is 1. The Morgan fingerprint density at radius 1 is 1.10 bits per heavy atom. The zero-order valence-corrected chi connectivity index (χ0v) is 13.0. The maximum absolute atomic E-state index is 12.4. The van der Waals surface area contributed by atoms with Gasteiger partial charge in [-0.1, -0.05) is 17.7 Å². The van der Waals surface area contributed by atoms with Crippen LogP contribution in [0.5, 0.6) is 0 Å². The smallest absolute Gasteiger partial charge is 0.234 e. The van der Waals surface area contributed by atoms with Gasteiger partial charge in [-0.2, -0.15) is 0 Å². The van der Waals surface area contributed by atoms with Gasteiger partial charge in [-0.05, 0) is 45.9 Å². The van der Waals surface area contributed by atoms with Crippen LogP contribution >= 0.6 is 0 Å². The van der Waals surface area contributed by atoms with E-state index < -0.39 is 0 Å². The molecule has 0 heterocycles. The Balaban J connectivity index is 2.74. The van der Waals surface area contributed by atoms with Crippen molar-refractivity contribution in [3.05, 3.63) is 34.4 Å². The van der Waals surface area contributed by atoms with Gasteiger partial charge in [0.25, 0.3) is 0 Å². The Morgan fingerprint density at radius 2 is 1.65 bits per heavy atom. The molecule has 0 aliphatic carbocycles. The molecule has 1 N–H and O–H groups in total. The summed E-state index contributed by atoms with van der Waals surface area (Å²) >= 11 is 0. The van der Waals surface area contributed by atoms with Gasteiger partial charge in [-0.25, -0.2) is 0 Å². The van der Waals surface area contributed by atoms with E-state index in [4.69, 9.17) is 0 Å². The predicted octanol–water partition coefficient (Wildman–Crippen LogP) is 1.86. The van der Waals surface area contributed by atoms with Gasteiger partial charge in [0.2, 0.25) is 5.91 Å². The number of ketones is 1. The number of hydrogen-bond acceptors (Lipinski definition) is 3. The topological polar surface area (TPSA) is 49.4 Å². The van der Waals surface area contributed by atoms with Gasteiger partial charge in [0.15, 0.2) is 5.78 Å². The molecule has 0 aliphatic heterocycles. The van der Waals surface area contributed by atoms with Crippen LogP contribution in [0, 0.1) is 20.8 Å². The summed E-state index contributed by atoms with van der Waals surface area (Å²) in [5.74, 6) is 0.00643. The molecule has 0 unspecified atom stereocenters. The molecule has 1 amide bonds. The van der Waals surface area contributed by atoms with Crippen molar-refractivity contribution in [2.75, 3.05) is 26.7 Å². The predicted molar refractivity (Wildman–Crippen MR) is 81.2 cm³/mol. The van der Waals surface area contributed by atoms with Crippen LogP contribution in [0.1, 0.15) is 34.0 Å². The molecule has 1 aromatic carbocycles. The number of rotatable bonds is 6. The number of benzene rings is 1. The van der Waals surface area contributed by atoms with Crippen LogP contribution < -0.4 is 5.32 Å². The molecular formula is C16H24N2O2. The Labute approximate surface area is 121 Å². The van der Waals surface area contributed by atoms with E-state index in [1.54, 1.807) is 11.9 Å². The van der Waals surface area contributed by atoms with Crippen LogP contribution in [0.15, 0.2) is 12.1 Å². The molecule has 4 heteroatoms. The molecule has 0 aliphatic rings. The highest BCUT2D eigenvalue weighted by molar-refractivity contribution is 6.00. The van der Waals surface area contributed by atoms with E-state index in [9.17, 15) is 9.59 Å². The zero-order chi connectivity index (χ0) is 15.3. The molecular weight excluding hydrogens is 252 g/mol. The lowest BCUT2D eigenvalue weighted by molar-refractivity contribution is -0.121. The minimum Gasteiger partial charge on any atom is -0.355 e. The van der Waals surface area contributed by atoms with Crippen molar-refractivity contribution in [1.82, 2.24) is 10.2 Å². The van der Waals surface area contributed by atoms with E-state index in [2.05, 4.69) is 5.32 Å². The first-order valence-corrected chi connectivity index (χ1v) is 6.91. The molecule has 20 heavy (non-hydrogen) atoms. The Bertz CT molecular complexity index is 486. The summed E-state index contributed by atoms with van der Waals surface area (Å²) in [6.07, 6.45) is 0. The highest BCUT2D eigenvalue weighted by Crippen LogP contribution is 2.17. The fourth-order valence-corrected chi connectivity index (χ4v) is 2.50. The average Bonchev–Trinajstić information content (AvgIpc) is 2.26. The van der Waals surface area contributed by atoms with E-state index in [1.165, 1.54) is 0 Å². The molecule has 0 aromatic heterocycles. The second-order valence-electron chi connectivity index (χ2n) is 5.32.